The number of rotatable bonds is 8. The zero-order valence-electron chi connectivity index (χ0n) is 17.3. The lowest BCUT2D eigenvalue weighted by Crippen LogP contribution is -2.25. The molecule has 1 aromatic carbocycles. The Bertz CT molecular complexity index is 959. The Morgan fingerprint density at radius 3 is 2.50 bits per heavy atom. The lowest BCUT2D eigenvalue weighted by Gasteiger charge is -2.28. The smallest absolute Gasteiger partial charge is 0.305 e. The van der Waals surface area contributed by atoms with E-state index in [0.29, 0.717) is 18.4 Å². The van der Waals surface area contributed by atoms with Crippen LogP contribution in [0.5, 0.6) is 0 Å². The number of aromatic nitrogens is 1. The Balaban J connectivity index is 1.42. The SMILES string of the molecule is Cc1ccc(CN(CCC(=O)O)c2nc([C@H]3CC[C@H](c4ccccc4)CC3)cs2)s1. The summed E-state index contributed by atoms with van der Waals surface area (Å²) in [7, 11) is 0. The number of carbonyl (C=O) groups is 1. The molecule has 0 amide bonds. The molecule has 1 aliphatic carbocycles. The molecule has 6 heteroatoms. The molecule has 1 fully saturated rings. The van der Waals surface area contributed by atoms with Crippen molar-refractivity contribution in [1.29, 1.82) is 0 Å². The number of nitrogens with zero attached hydrogens (tertiary/aromatic N) is 2. The van der Waals surface area contributed by atoms with E-state index in [4.69, 9.17) is 10.1 Å². The van der Waals surface area contributed by atoms with Gasteiger partial charge in [0, 0.05) is 27.6 Å². The predicted molar refractivity (Wildman–Crippen MR) is 125 cm³/mol. The third kappa shape index (κ3) is 5.29. The predicted octanol–water partition coefficient (Wildman–Crippen LogP) is 6.44. The summed E-state index contributed by atoms with van der Waals surface area (Å²) in [6.45, 7) is 3.31. The van der Waals surface area contributed by atoms with Gasteiger partial charge >= 0.3 is 5.97 Å². The number of benzene rings is 1. The van der Waals surface area contributed by atoms with Gasteiger partial charge in [-0.05, 0) is 56.2 Å². The Hall–Kier alpha value is -2.18. The molecular formula is C24H28N2O2S2. The average molecular weight is 441 g/mol. The Morgan fingerprint density at radius 2 is 1.83 bits per heavy atom. The summed E-state index contributed by atoms with van der Waals surface area (Å²) in [5.41, 5.74) is 2.64. The number of aryl methyl sites for hydroxylation is 1. The highest BCUT2D eigenvalue weighted by Crippen LogP contribution is 2.41. The van der Waals surface area contributed by atoms with Crippen molar-refractivity contribution in [3.05, 3.63) is 68.9 Å². The van der Waals surface area contributed by atoms with E-state index in [0.717, 1.165) is 11.7 Å². The van der Waals surface area contributed by atoms with Crippen LogP contribution in [0.1, 0.15) is 65.0 Å². The zero-order chi connectivity index (χ0) is 20.9. The molecule has 1 saturated carbocycles. The highest BCUT2D eigenvalue weighted by Gasteiger charge is 2.26. The van der Waals surface area contributed by atoms with E-state index >= 15 is 0 Å². The Morgan fingerprint density at radius 1 is 1.10 bits per heavy atom. The molecule has 158 valence electrons. The lowest BCUT2D eigenvalue weighted by atomic mass is 9.78. The van der Waals surface area contributed by atoms with Crippen LogP contribution in [0.4, 0.5) is 5.13 Å². The molecule has 0 unspecified atom stereocenters. The molecule has 0 spiro atoms. The number of carboxylic acid groups (broad SMARTS) is 1. The summed E-state index contributed by atoms with van der Waals surface area (Å²) in [6, 6.07) is 15.1. The molecule has 0 atom stereocenters. The van der Waals surface area contributed by atoms with Crippen LogP contribution in [0, 0.1) is 6.92 Å². The van der Waals surface area contributed by atoms with Gasteiger partial charge in [0.1, 0.15) is 0 Å². The molecule has 2 heterocycles. The van der Waals surface area contributed by atoms with Crippen molar-refractivity contribution in [2.24, 2.45) is 0 Å². The number of anilines is 1. The zero-order valence-corrected chi connectivity index (χ0v) is 18.9. The summed E-state index contributed by atoms with van der Waals surface area (Å²) in [5, 5.41) is 12.3. The van der Waals surface area contributed by atoms with E-state index in [1.807, 2.05) is 0 Å². The number of thiophene rings is 1. The van der Waals surface area contributed by atoms with Gasteiger partial charge in [-0.25, -0.2) is 4.98 Å². The number of aliphatic carboxylic acids is 1. The maximum Gasteiger partial charge on any atom is 0.305 e. The van der Waals surface area contributed by atoms with Crippen LogP contribution in [0.2, 0.25) is 0 Å². The maximum absolute atomic E-state index is 11.2. The first kappa shape index (κ1) is 21.1. The summed E-state index contributed by atoms with van der Waals surface area (Å²) in [6.07, 6.45) is 4.88. The molecule has 1 aliphatic rings. The molecule has 0 saturated heterocycles. The number of hydrogen-bond donors (Lipinski definition) is 1. The van der Waals surface area contributed by atoms with Gasteiger partial charge in [0.05, 0.1) is 18.7 Å². The van der Waals surface area contributed by atoms with Crippen LogP contribution in [0.15, 0.2) is 47.8 Å². The Kier molecular flexibility index (Phi) is 6.85. The molecular weight excluding hydrogens is 412 g/mol. The van der Waals surface area contributed by atoms with Crippen LogP contribution >= 0.6 is 22.7 Å². The lowest BCUT2D eigenvalue weighted by molar-refractivity contribution is -0.136. The highest BCUT2D eigenvalue weighted by atomic mass is 32.1. The second-order valence-corrected chi connectivity index (χ2v) is 10.3. The molecule has 0 bridgehead atoms. The molecule has 30 heavy (non-hydrogen) atoms. The maximum atomic E-state index is 11.2. The summed E-state index contributed by atoms with van der Waals surface area (Å²) < 4.78 is 0. The van der Waals surface area contributed by atoms with Gasteiger partial charge in [0.2, 0.25) is 0 Å². The largest absolute Gasteiger partial charge is 0.481 e. The fourth-order valence-corrected chi connectivity index (χ4v) is 6.13. The fourth-order valence-electron chi connectivity index (χ4n) is 4.29. The molecule has 0 aliphatic heterocycles. The number of carboxylic acids is 1. The van der Waals surface area contributed by atoms with E-state index in [-0.39, 0.29) is 6.42 Å². The first-order valence-corrected chi connectivity index (χ1v) is 12.3. The highest BCUT2D eigenvalue weighted by molar-refractivity contribution is 7.14. The standard InChI is InChI=1S/C24H28N2O2S2/c1-17-7-12-21(30-17)15-26(14-13-23(27)28)24-25-22(16-29-24)20-10-8-19(9-11-20)18-5-3-2-4-6-18/h2-7,12,16,19-20H,8-11,13-15H2,1H3,(H,27,28)/t19-,20-. The summed E-state index contributed by atoms with van der Waals surface area (Å²) in [5.74, 6) is 0.410. The summed E-state index contributed by atoms with van der Waals surface area (Å²) >= 11 is 3.42. The van der Waals surface area contributed by atoms with Gasteiger partial charge < -0.3 is 10.0 Å². The molecule has 0 radical (unpaired) electrons. The van der Waals surface area contributed by atoms with Crippen molar-refractivity contribution >= 4 is 33.8 Å². The topological polar surface area (TPSA) is 53.4 Å². The van der Waals surface area contributed by atoms with E-state index in [2.05, 4.69) is 59.7 Å². The van der Waals surface area contributed by atoms with Crippen molar-refractivity contribution in [3.8, 4) is 0 Å². The molecule has 4 nitrogen and oxygen atoms in total. The minimum absolute atomic E-state index is 0.126. The van der Waals surface area contributed by atoms with Crippen LogP contribution in [0.3, 0.4) is 0 Å². The van der Waals surface area contributed by atoms with Crippen molar-refractivity contribution in [3.63, 3.8) is 0 Å². The van der Waals surface area contributed by atoms with Gasteiger partial charge in [-0.3, -0.25) is 4.79 Å². The minimum atomic E-state index is -0.765. The molecule has 3 aromatic rings. The van der Waals surface area contributed by atoms with E-state index < -0.39 is 5.97 Å². The number of hydrogen-bond acceptors (Lipinski definition) is 5. The van der Waals surface area contributed by atoms with Crippen molar-refractivity contribution in [2.45, 2.75) is 57.4 Å². The second kappa shape index (κ2) is 9.75. The van der Waals surface area contributed by atoms with Gasteiger partial charge in [0.25, 0.3) is 0 Å². The molecule has 2 aromatic heterocycles. The van der Waals surface area contributed by atoms with Gasteiger partial charge in [0.15, 0.2) is 5.13 Å². The second-order valence-electron chi connectivity index (χ2n) is 8.09. The quantitative estimate of drug-likeness (QED) is 0.438. The first-order chi connectivity index (χ1) is 14.6. The monoisotopic (exact) mass is 440 g/mol. The van der Waals surface area contributed by atoms with Crippen LogP contribution in [-0.2, 0) is 11.3 Å². The van der Waals surface area contributed by atoms with Gasteiger partial charge in [-0.2, -0.15) is 0 Å². The van der Waals surface area contributed by atoms with Crippen LogP contribution in [-0.4, -0.2) is 22.6 Å². The van der Waals surface area contributed by atoms with Crippen LogP contribution in [0.25, 0.3) is 0 Å². The third-order valence-electron chi connectivity index (χ3n) is 5.94. The van der Waals surface area contributed by atoms with E-state index in [1.165, 1.54) is 46.7 Å². The van der Waals surface area contributed by atoms with Crippen molar-refractivity contribution in [1.82, 2.24) is 4.98 Å². The Labute approximate surface area is 186 Å². The van der Waals surface area contributed by atoms with Crippen LogP contribution < -0.4 is 4.90 Å². The van der Waals surface area contributed by atoms with Gasteiger partial charge in [-0.1, -0.05) is 30.3 Å². The van der Waals surface area contributed by atoms with E-state index in [9.17, 15) is 4.79 Å². The first-order valence-electron chi connectivity index (χ1n) is 10.6. The van der Waals surface area contributed by atoms with Gasteiger partial charge in [-0.15, -0.1) is 22.7 Å². The average Bonchev–Trinajstić information content (AvgIpc) is 3.41. The minimum Gasteiger partial charge on any atom is -0.481 e. The van der Waals surface area contributed by atoms with Crippen molar-refractivity contribution < 1.29 is 9.90 Å². The molecule has 1 N–H and O–H groups in total. The van der Waals surface area contributed by atoms with E-state index in [1.54, 1.807) is 22.7 Å². The van der Waals surface area contributed by atoms with Crippen molar-refractivity contribution in [2.75, 3.05) is 11.4 Å². The molecule has 4 rings (SSSR count). The number of thiazole rings is 1. The third-order valence-corrected chi connectivity index (χ3v) is 7.84. The fraction of sp³-hybridized carbons (Fsp3) is 0.417. The normalized spacial score (nSPS) is 19.0. The summed E-state index contributed by atoms with van der Waals surface area (Å²) in [4.78, 5) is 20.8.